The molecule has 1 aliphatic heterocycles. The Morgan fingerprint density at radius 3 is 2.86 bits per heavy atom. The van der Waals surface area contributed by atoms with Crippen molar-refractivity contribution in [3.8, 4) is 0 Å². The highest BCUT2D eigenvalue weighted by Gasteiger charge is 2.18. The summed E-state index contributed by atoms with van der Waals surface area (Å²) < 4.78 is 5.06. The molecule has 0 atom stereocenters. The summed E-state index contributed by atoms with van der Waals surface area (Å²) in [6, 6.07) is 0.533. The quantitative estimate of drug-likeness (QED) is 0.649. The first-order valence-electron chi connectivity index (χ1n) is 5.17. The van der Waals surface area contributed by atoms with Gasteiger partial charge in [-0.25, -0.2) is 0 Å². The summed E-state index contributed by atoms with van der Waals surface area (Å²) in [6.07, 6.45) is 0. The van der Waals surface area contributed by atoms with Gasteiger partial charge in [0.05, 0.1) is 6.61 Å². The molecule has 0 N–H and O–H groups in total. The summed E-state index contributed by atoms with van der Waals surface area (Å²) in [5.41, 5.74) is 0. The molecule has 0 radical (unpaired) electrons. The standard InChI is InChI=1S/C10H20N2O2/c1-9(2)11(3)4-5-12-6-7-14-8-10(12)13/h9H,4-8H2,1-3H3. The van der Waals surface area contributed by atoms with Gasteiger partial charge in [0.2, 0.25) is 5.91 Å². The van der Waals surface area contributed by atoms with E-state index in [0.29, 0.717) is 12.6 Å². The number of carbonyl (C=O) groups is 1. The van der Waals surface area contributed by atoms with Crippen molar-refractivity contribution in [1.29, 1.82) is 0 Å². The second-order valence-electron chi connectivity index (χ2n) is 4.01. The third-order valence-corrected chi connectivity index (χ3v) is 2.69. The lowest BCUT2D eigenvalue weighted by atomic mass is 10.3. The molecule has 1 aliphatic rings. The molecule has 82 valence electrons. The van der Waals surface area contributed by atoms with Crippen molar-refractivity contribution in [3.05, 3.63) is 0 Å². The van der Waals surface area contributed by atoms with Gasteiger partial charge in [0.15, 0.2) is 0 Å². The Balaban J connectivity index is 2.26. The maximum absolute atomic E-state index is 11.4. The highest BCUT2D eigenvalue weighted by molar-refractivity contribution is 5.77. The summed E-state index contributed by atoms with van der Waals surface area (Å²) in [5.74, 6) is 0.119. The van der Waals surface area contributed by atoms with Gasteiger partial charge in [-0.15, -0.1) is 0 Å². The van der Waals surface area contributed by atoms with Crippen molar-refractivity contribution in [1.82, 2.24) is 9.80 Å². The second kappa shape index (κ2) is 5.32. The minimum absolute atomic E-state index is 0.119. The largest absolute Gasteiger partial charge is 0.370 e. The van der Waals surface area contributed by atoms with Crippen LogP contribution < -0.4 is 0 Å². The molecule has 0 aliphatic carbocycles. The lowest BCUT2D eigenvalue weighted by molar-refractivity contribution is -0.142. The van der Waals surface area contributed by atoms with Gasteiger partial charge < -0.3 is 14.5 Å². The van der Waals surface area contributed by atoms with Gasteiger partial charge in [-0.3, -0.25) is 4.79 Å². The van der Waals surface area contributed by atoms with Crippen LogP contribution in [0.15, 0.2) is 0 Å². The molecule has 0 bridgehead atoms. The molecule has 0 spiro atoms. The third kappa shape index (κ3) is 3.27. The Labute approximate surface area is 85.8 Å². The van der Waals surface area contributed by atoms with Crippen LogP contribution in [0.5, 0.6) is 0 Å². The van der Waals surface area contributed by atoms with E-state index >= 15 is 0 Å². The van der Waals surface area contributed by atoms with Crippen LogP contribution in [-0.2, 0) is 9.53 Å². The zero-order valence-corrected chi connectivity index (χ0v) is 9.32. The van der Waals surface area contributed by atoms with E-state index in [0.717, 1.165) is 19.6 Å². The lowest BCUT2D eigenvalue weighted by Crippen LogP contribution is -2.45. The fraction of sp³-hybridized carbons (Fsp3) is 0.900. The maximum atomic E-state index is 11.4. The molecular weight excluding hydrogens is 180 g/mol. The Bertz CT molecular complexity index is 195. The predicted octanol–water partition coefficient (Wildman–Crippen LogP) is 0.185. The fourth-order valence-corrected chi connectivity index (χ4v) is 1.32. The van der Waals surface area contributed by atoms with Crippen molar-refractivity contribution in [2.75, 3.05) is 39.9 Å². The van der Waals surface area contributed by atoms with Gasteiger partial charge in [0, 0.05) is 25.7 Å². The van der Waals surface area contributed by atoms with Crippen LogP contribution in [-0.4, -0.2) is 61.6 Å². The molecule has 4 nitrogen and oxygen atoms in total. The van der Waals surface area contributed by atoms with Gasteiger partial charge in [0.25, 0.3) is 0 Å². The normalized spacial score (nSPS) is 18.4. The van der Waals surface area contributed by atoms with Crippen LogP contribution in [0, 0.1) is 0 Å². The zero-order valence-electron chi connectivity index (χ0n) is 9.32. The molecule has 1 fully saturated rings. The van der Waals surface area contributed by atoms with E-state index in [2.05, 4.69) is 25.8 Å². The number of morpholine rings is 1. The molecule has 0 saturated carbocycles. The van der Waals surface area contributed by atoms with Crippen LogP contribution in [0.25, 0.3) is 0 Å². The molecular formula is C10H20N2O2. The van der Waals surface area contributed by atoms with Gasteiger partial charge in [-0.1, -0.05) is 0 Å². The predicted molar refractivity (Wildman–Crippen MR) is 55.2 cm³/mol. The van der Waals surface area contributed by atoms with Crippen LogP contribution in [0.1, 0.15) is 13.8 Å². The Kier molecular flexibility index (Phi) is 4.35. The highest BCUT2D eigenvalue weighted by atomic mass is 16.5. The van der Waals surface area contributed by atoms with Crippen molar-refractivity contribution < 1.29 is 9.53 Å². The number of amides is 1. The summed E-state index contributed by atoms with van der Waals surface area (Å²) in [4.78, 5) is 15.5. The molecule has 0 aromatic rings. The monoisotopic (exact) mass is 200 g/mol. The van der Waals surface area contributed by atoms with Crippen LogP contribution in [0.3, 0.4) is 0 Å². The average Bonchev–Trinajstić information content (AvgIpc) is 2.16. The van der Waals surface area contributed by atoms with E-state index in [-0.39, 0.29) is 12.5 Å². The molecule has 0 aromatic heterocycles. The minimum atomic E-state index is 0.119. The van der Waals surface area contributed by atoms with Crippen molar-refractivity contribution in [2.24, 2.45) is 0 Å². The topological polar surface area (TPSA) is 32.8 Å². The van der Waals surface area contributed by atoms with E-state index in [4.69, 9.17) is 4.74 Å². The Morgan fingerprint density at radius 2 is 2.29 bits per heavy atom. The summed E-state index contributed by atoms with van der Waals surface area (Å²) in [5, 5.41) is 0. The molecule has 1 saturated heterocycles. The van der Waals surface area contributed by atoms with Crippen LogP contribution >= 0.6 is 0 Å². The van der Waals surface area contributed by atoms with Gasteiger partial charge in [0.1, 0.15) is 6.61 Å². The Hall–Kier alpha value is -0.610. The molecule has 14 heavy (non-hydrogen) atoms. The number of hydrogen-bond acceptors (Lipinski definition) is 3. The van der Waals surface area contributed by atoms with Crippen LogP contribution in [0.2, 0.25) is 0 Å². The average molecular weight is 200 g/mol. The van der Waals surface area contributed by atoms with Crippen molar-refractivity contribution in [2.45, 2.75) is 19.9 Å². The molecule has 0 aromatic carbocycles. The van der Waals surface area contributed by atoms with Gasteiger partial charge in [-0.05, 0) is 20.9 Å². The first-order valence-corrected chi connectivity index (χ1v) is 5.17. The number of nitrogens with zero attached hydrogens (tertiary/aromatic N) is 2. The van der Waals surface area contributed by atoms with E-state index in [1.54, 1.807) is 0 Å². The number of likely N-dealkylation sites (N-methyl/N-ethyl adjacent to an activating group) is 1. The highest BCUT2D eigenvalue weighted by Crippen LogP contribution is 2.00. The smallest absolute Gasteiger partial charge is 0.248 e. The minimum Gasteiger partial charge on any atom is -0.370 e. The van der Waals surface area contributed by atoms with Crippen LogP contribution in [0.4, 0.5) is 0 Å². The summed E-state index contributed by atoms with van der Waals surface area (Å²) in [6.45, 7) is 7.73. The van der Waals surface area contributed by atoms with E-state index in [9.17, 15) is 4.79 Å². The molecule has 1 rings (SSSR count). The zero-order chi connectivity index (χ0) is 10.6. The first kappa shape index (κ1) is 11.5. The number of carbonyl (C=O) groups excluding carboxylic acids is 1. The Morgan fingerprint density at radius 1 is 1.57 bits per heavy atom. The lowest BCUT2D eigenvalue weighted by Gasteiger charge is -2.29. The first-order chi connectivity index (χ1) is 6.61. The summed E-state index contributed by atoms with van der Waals surface area (Å²) in [7, 11) is 2.08. The van der Waals surface area contributed by atoms with Crippen molar-refractivity contribution in [3.63, 3.8) is 0 Å². The summed E-state index contributed by atoms with van der Waals surface area (Å²) >= 11 is 0. The fourth-order valence-electron chi connectivity index (χ4n) is 1.32. The van der Waals surface area contributed by atoms with E-state index < -0.39 is 0 Å². The molecule has 4 heteroatoms. The SMILES string of the molecule is CC(C)N(C)CCN1CCOCC1=O. The molecule has 1 amide bonds. The molecule has 1 heterocycles. The van der Waals surface area contributed by atoms with Crippen molar-refractivity contribution >= 4 is 5.91 Å². The number of ether oxygens (including phenoxy) is 1. The maximum Gasteiger partial charge on any atom is 0.248 e. The van der Waals surface area contributed by atoms with Gasteiger partial charge >= 0.3 is 0 Å². The number of hydrogen-bond donors (Lipinski definition) is 0. The third-order valence-electron chi connectivity index (χ3n) is 2.69. The van der Waals surface area contributed by atoms with Gasteiger partial charge in [-0.2, -0.15) is 0 Å². The van der Waals surface area contributed by atoms with E-state index in [1.807, 2.05) is 4.90 Å². The van der Waals surface area contributed by atoms with E-state index in [1.165, 1.54) is 0 Å². The molecule has 0 unspecified atom stereocenters. The number of rotatable bonds is 4. The second-order valence-corrected chi connectivity index (χ2v) is 4.01.